The topological polar surface area (TPSA) is 69.9 Å². The van der Waals surface area contributed by atoms with Gasteiger partial charge in [-0.3, -0.25) is 9.36 Å². The quantitative estimate of drug-likeness (QED) is 0.694. The smallest absolute Gasteiger partial charge is 0.301 e. The van der Waals surface area contributed by atoms with Crippen molar-refractivity contribution in [1.29, 1.82) is 0 Å². The lowest BCUT2D eigenvalue weighted by Gasteiger charge is -2.22. The van der Waals surface area contributed by atoms with Gasteiger partial charge in [0.15, 0.2) is 10.4 Å². The molecule has 0 aromatic carbocycles. The van der Waals surface area contributed by atoms with Gasteiger partial charge in [0.1, 0.15) is 0 Å². The Bertz CT molecular complexity index is 811. The maximum Gasteiger partial charge on any atom is 0.379 e. The lowest BCUT2D eigenvalue weighted by atomic mass is 10.1. The van der Waals surface area contributed by atoms with Crippen LogP contribution in [0.5, 0.6) is 0 Å². The van der Waals surface area contributed by atoms with E-state index < -0.39 is 7.60 Å². The van der Waals surface area contributed by atoms with Crippen molar-refractivity contribution in [3.8, 4) is 0 Å². The molecular weight excluding hydrogens is 347 g/mol. The van der Waals surface area contributed by atoms with E-state index in [9.17, 15) is 9.36 Å². The van der Waals surface area contributed by atoms with Crippen LogP contribution >= 0.6 is 18.9 Å². The van der Waals surface area contributed by atoms with E-state index in [1.807, 2.05) is 13.8 Å². The van der Waals surface area contributed by atoms with Gasteiger partial charge in [0.05, 0.1) is 12.2 Å². The number of hydrogen-bond acceptors (Lipinski definition) is 6. The van der Waals surface area contributed by atoms with Crippen molar-refractivity contribution in [2.75, 3.05) is 0 Å². The highest BCUT2D eigenvalue weighted by atomic mass is 32.1. The predicted octanol–water partition coefficient (Wildman–Crippen LogP) is 3.69. The molecule has 0 bridgehead atoms. The summed E-state index contributed by atoms with van der Waals surface area (Å²) in [5.41, 5.74) is 1.45. The largest absolute Gasteiger partial charge is 0.379 e. The van der Waals surface area contributed by atoms with Crippen LogP contribution < -0.4 is 11.0 Å². The third-order valence-corrected chi connectivity index (χ3v) is 6.62. The van der Waals surface area contributed by atoms with Crippen LogP contribution in [0, 0.1) is 6.92 Å². The molecule has 0 spiro atoms. The second-order valence-corrected chi connectivity index (χ2v) is 8.96. The Morgan fingerprint density at radius 3 is 2.33 bits per heavy atom. The van der Waals surface area contributed by atoms with Gasteiger partial charge in [-0.05, 0) is 41.0 Å². The molecule has 24 heavy (non-hydrogen) atoms. The number of aromatic nitrogens is 2. The zero-order chi connectivity index (χ0) is 18.1. The summed E-state index contributed by atoms with van der Waals surface area (Å²) in [6.45, 7) is 11.0. The number of rotatable bonds is 7. The van der Waals surface area contributed by atoms with Crippen molar-refractivity contribution in [2.45, 2.75) is 66.6 Å². The Kier molecular flexibility index (Phi) is 6.02. The minimum absolute atomic E-state index is 0.185. The molecule has 0 N–H and O–H groups in total. The van der Waals surface area contributed by atoms with Gasteiger partial charge in [0.25, 0.3) is 5.56 Å². The van der Waals surface area contributed by atoms with Crippen LogP contribution in [0.15, 0.2) is 10.2 Å². The molecule has 2 aromatic heterocycles. The van der Waals surface area contributed by atoms with Gasteiger partial charge in [0, 0.05) is 16.6 Å². The Hall–Kier alpha value is -1.01. The van der Waals surface area contributed by atoms with E-state index in [-0.39, 0.29) is 23.2 Å². The number of hydrogen-bond donors (Lipinski definition) is 0. The molecule has 2 aromatic rings. The zero-order valence-corrected chi connectivity index (χ0v) is 16.7. The Morgan fingerprint density at radius 2 is 1.83 bits per heavy atom. The monoisotopic (exact) mass is 372 g/mol. The molecule has 0 unspecified atom stereocenters. The van der Waals surface area contributed by atoms with Gasteiger partial charge in [-0.1, -0.05) is 13.3 Å². The number of thiazole rings is 1. The lowest BCUT2D eigenvalue weighted by molar-refractivity contribution is 0.149. The summed E-state index contributed by atoms with van der Waals surface area (Å²) in [5.74, 6) is 0. The number of nitrogens with zero attached hydrogens (tertiary/aromatic N) is 2. The summed E-state index contributed by atoms with van der Waals surface area (Å²) in [7, 11) is -3.63. The third-order valence-electron chi connectivity index (χ3n) is 3.33. The van der Waals surface area contributed by atoms with Gasteiger partial charge >= 0.3 is 7.60 Å². The van der Waals surface area contributed by atoms with Gasteiger partial charge in [-0.2, -0.15) is 0 Å². The number of fused-ring (bicyclic) bond motifs is 1. The normalized spacial score (nSPS) is 12.7. The maximum absolute atomic E-state index is 13.4. The van der Waals surface area contributed by atoms with Gasteiger partial charge in [0.2, 0.25) is 0 Å². The van der Waals surface area contributed by atoms with Gasteiger partial charge < -0.3 is 9.05 Å². The fourth-order valence-electron chi connectivity index (χ4n) is 2.49. The Balaban J connectivity index is 2.72. The van der Waals surface area contributed by atoms with Gasteiger partial charge in [-0.15, -0.1) is 11.3 Å². The second kappa shape index (κ2) is 7.48. The summed E-state index contributed by atoms with van der Waals surface area (Å²) >= 11 is 1.27. The molecule has 8 heteroatoms. The number of aryl methyl sites for hydroxylation is 1. The third kappa shape index (κ3) is 3.80. The average molecular weight is 372 g/mol. The fraction of sp³-hybridized carbons (Fsp3) is 0.625. The first-order valence-electron chi connectivity index (χ1n) is 8.16. The molecular formula is C16H25N2O4PS. The van der Waals surface area contributed by atoms with Crippen molar-refractivity contribution < 1.29 is 13.6 Å². The minimum atomic E-state index is -3.63. The Labute approximate surface area is 146 Å². The standard InChI is InChI=1S/C16H25N2O4PS/c1-7-8-13-12(6)17-16-18(15(13)19)14(9-24-16)23(20,21-10(2)3)22-11(4)5/h9-11H,7-8H2,1-6H3. The molecule has 0 fully saturated rings. The molecule has 6 nitrogen and oxygen atoms in total. The van der Waals surface area contributed by atoms with Crippen LogP contribution in [0.4, 0.5) is 0 Å². The summed E-state index contributed by atoms with van der Waals surface area (Å²) in [6, 6.07) is 0. The fourth-order valence-corrected chi connectivity index (χ4v) is 5.83. The molecule has 0 saturated carbocycles. The minimum Gasteiger partial charge on any atom is -0.301 e. The summed E-state index contributed by atoms with van der Waals surface area (Å²) in [5, 5.41) is 1.66. The van der Waals surface area contributed by atoms with Crippen molar-refractivity contribution in [3.05, 3.63) is 27.0 Å². The van der Waals surface area contributed by atoms with Crippen molar-refractivity contribution >= 4 is 29.3 Å². The average Bonchev–Trinajstić information content (AvgIpc) is 2.86. The molecule has 0 aliphatic carbocycles. The molecule has 0 aliphatic rings. The molecule has 2 heterocycles. The van der Waals surface area contributed by atoms with Crippen LogP contribution in [-0.2, 0) is 20.0 Å². The van der Waals surface area contributed by atoms with Crippen molar-refractivity contribution in [2.24, 2.45) is 0 Å². The first kappa shape index (κ1) is 19.3. The van der Waals surface area contributed by atoms with E-state index in [0.29, 0.717) is 16.9 Å². The van der Waals surface area contributed by atoms with E-state index in [4.69, 9.17) is 9.05 Å². The van der Waals surface area contributed by atoms with E-state index >= 15 is 0 Å². The van der Waals surface area contributed by atoms with Crippen LogP contribution in [-0.4, -0.2) is 21.6 Å². The molecule has 0 atom stereocenters. The highest BCUT2D eigenvalue weighted by molar-refractivity contribution is 7.62. The van der Waals surface area contributed by atoms with Crippen LogP contribution in [0.25, 0.3) is 4.96 Å². The highest BCUT2D eigenvalue weighted by Gasteiger charge is 2.35. The molecule has 0 saturated heterocycles. The molecule has 0 amide bonds. The van der Waals surface area contributed by atoms with Crippen LogP contribution in [0.2, 0.25) is 0 Å². The van der Waals surface area contributed by atoms with Crippen molar-refractivity contribution in [1.82, 2.24) is 9.38 Å². The maximum atomic E-state index is 13.4. The second-order valence-electron chi connectivity index (χ2n) is 6.25. The van der Waals surface area contributed by atoms with Crippen LogP contribution in [0.3, 0.4) is 0 Å². The molecule has 0 aliphatic heterocycles. The summed E-state index contributed by atoms with van der Waals surface area (Å²) in [4.78, 5) is 17.9. The molecule has 0 radical (unpaired) electrons. The van der Waals surface area contributed by atoms with Crippen molar-refractivity contribution in [3.63, 3.8) is 0 Å². The first-order chi connectivity index (χ1) is 11.2. The van der Waals surface area contributed by atoms with E-state index in [2.05, 4.69) is 4.98 Å². The van der Waals surface area contributed by atoms with E-state index in [1.54, 1.807) is 33.1 Å². The van der Waals surface area contributed by atoms with E-state index in [0.717, 1.165) is 12.1 Å². The highest BCUT2D eigenvalue weighted by Crippen LogP contribution is 2.49. The zero-order valence-electron chi connectivity index (χ0n) is 15.0. The molecule has 2 rings (SSSR count). The van der Waals surface area contributed by atoms with Crippen LogP contribution in [0.1, 0.15) is 52.3 Å². The summed E-state index contributed by atoms with van der Waals surface area (Å²) < 4.78 is 26.1. The SMILES string of the molecule is CCCc1c(C)nc2scc(P(=O)(OC(C)C)OC(C)C)n2c1=O. The van der Waals surface area contributed by atoms with E-state index in [1.165, 1.54) is 15.7 Å². The Morgan fingerprint density at radius 1 is 1.25 bits per heavy atom. The van der Waals surface area contributed by atoms with Gasteiger partial charge in [-0.25, -0.2) is 9.38 Å². The summed E-state index contributed by atoms with van der Waals surface area (Å²) in [6.07, 6.45) is 0.880. The lowest BCUT2D eigenvalue weighted by Crippen LogP contribution is -2.30. The molecule has 134 valence electrons. The predicted molar refractivity (Wildman–Crippen MR) is 97.8 cm³/mol. The first-order valence-corrected chi connectivity index (χ1v) is 10.6.